The van der Waals surface area contributed by atoms with Crippen molar-refractivity contribution in [2.75, 3.05) is 6.54 Å². The van der Waals surface area contributed by atoms with Crippen LogP contribution in [-0.2, 0) is 20.0 Å². The van der Waals surface area contributed by atoms with E-state index in [4.69, 9.17) is 0 Å². The average Bonchev–Trinajstić information content (AvgIpc) is 3.29. The minimum Gasteiger partial charge on any atom is -0.348 e. The quantitative estimate of drug-likeness (QED) is 0.922. The molecule has 0 spiro atoms. The van der Waals surface area contributed by atoms with Gasteiger partial charge >= 0.3 is 0 Å². The third-order valence-electron chi connectivity index (χ3n) is 5.46. The standard InChI is InChI=1S/C20H24N4O2/c1-23-17-11-12-24(20(26)14-7-3-2-4-8-14)13-16(17)18(22-23)19(25)21-15-9-5-6-10-15/h2-4,7-8,15H,5-6,9-13H2,1H3,(H,21,25). The van der Waals surface area contributed by atoms with E-state index in [0.717, 1.165) is 24.1 Å². The Balaban J connectivity index is 1.55. The highest BCUT2D eigenvalue weighted by Gasteiger charge is 2.30. The van der Waals surface area contributed by atoms with E-state index in [1.807, 2.05) is 42.3 Å². The molecule has 0 bridgehead atoms. The van der Waals surface area contributed by atoms with Crippen molar-refractivity contribution in [3.63, 3.8) is 0 Å². The van der Waals surface area contributed by atoms with Crippen LogP contribution in [0.1, 0.15) is 57.8 Å². The Kier molecular flexibility index (Phi) is 4.49. The molecule has 2 aromatic rings. The van der Waals surface area contributed by atoms with Crippen LogP contribution in [0, 0.1) is 0 Å². The minimum atomic E-state index is -0.109. The van der Waals surface area contributed by atoms with Gasteiger partial charge in [0.2, 0.25) is 0 Å². The predicted molar refractivity (Wildman–Crippen MR) is 97.8 cm³/mol. The van der Waals surface area contributed by atoms with Crippen molar-refractivity contribution in [3.8, 4) is 0 Å². The number of nitrogens with zero attached hydrogens (tertiary/aromatic N) is 3. The first-order valence-electron chi connectivity index (χ1n) is 9.33. The van der Waals surface area contributed by atoms with Gasteiger partial charge in [0.25, 0.3) is 11.8 Å². The lowest BCUT2D eigenvalue weighted by atomic mass is 10.0. The fraction of sp³-hybridized carbons (Fsp3) is 0.450. The summed E-state index contributed by atoms with van der Waals surface area (Å²) in [6, 6.07) is 9.55. The van der Waals surface area contributed by atoms with Gasteiger partial charge in [0.1, 0.15) is 0 Å². The second-order valence-corrected chi connectivity index (χ2v) is 7.20. The van der Waals surface area contributed by atoms with Crippen LogP contribution in [0.2, 0.25) is 0 Å². The van der Waals surface area contributed by atoms with Crippen molar-refractivity contribution in [2.45, 2.75) is 44.7 Å². The molecule has 1 fully saturated rings. The summed E-state index contributed by atoms with van der Waals surface area (Å²) in [5.74, 6) is -0.106. The third kappa shape index (κ3) is 3.11. The summed E-state index contributed by atoms with van der Waals surface area (Å²) < 4.78 is 1.79. The van der Waals surface area contributed by atoms with Crippen LogP contribution < -0.4 is 5.32 Å². The maximum absolute atomic E-state index is 12.8. The Morgan fingerprint density at radius 3 is 2.62 bits per heavy atom. The summed E-state index contributed by atoms with van der Waals surface area (Å²) in [7, 11) is 1.87. The second-order valence-electron chi connectivity index (χ2n) is 7.20. The maximum Gasteiger partial charge on any atom is 0.272 e. The lowest BCUT2D eigenvalue weighted by Crippen LogP contribution is -2.38. The zero-order chi connectivity index (χ0) is 18.1. The Hall–Kier alpha value is -2.63. The van der Waals surface area contributed by atoms with Crippen molar-refractivity contribution in [1.82, 2.24) is 20.0 Å². The summed E-state index contributed by atoms with van der Waals surface area (Å²) in [4.78, 5) is 27.3. The SMILES string of the molecule is Cn1nc(C(=O)NC2CCCC2)c2c1CCN(C(=O)c1ccccc1)C2. The van der Waals surface area contributed by atoms with Crippen LogP contribution in [0.15, 0.2) is 30.3 Å². The Morgan fingerprint density at radius 2 is 1.88 bits per heavy atom. The van der Waals surface area contributed by atoms with E-state index in [0.29, 0.717) is 30.8 Å². The largest absolute Gasteiger partial charge is 0.348 e. The molecule has 4 rings (SSSR count). The molecule has 6 nitrogen and oxygen atoms in total. The van der Waals surface area contributed by atoms with Crippen LogP contribution >= 0.6 is 0 Å². The molecular weight excluding hydrogens is 328 g/mol. The molecule has 0 unspecified atom stereocenters. The van der Waals surface area contributed by atoms with Crippen molar-refractivity contribution >= 4 is 11.8 Å². The highest BCUT2D eigenvalue weighted by Crippen LogP contribution is 2.24. The number of carbonyl (C=O) groups excluding carboxylic acids is 2. The average molecular weight is 352 g/mol. The van der Waals surface area contributed by atoms with Gasteiger partial charge in [-0.05, 0) is 25.0 Å². The van der Waals surface area contributed by atoms with Crippen molar-refractivity contribution in [1.29, 1.82) is 0 Å². The van der Waals surface area contributed by atoms with Gasteiger partial charge in [0.05, 0.1) is 6.54 Å². The van der Waals surface area contributed by atoms with Crippen molar-refractivity contribution in [3.05, 3.63) is 52.8 Å². The molecule has 2 amide bonds. The summed E-state index contributed by atoms with van der Waals surface area (Å²) in [5.41, 5.74) is 3.09. The van der Waals surface area contributed by atoms with Crippen molar-refractivity contribution < 1.29 is 9.59 Å². The molecule has 1 aliphatic carbocycles. The van der Waals surface area contributed by atoms with Crippen LogP contribution in [-0.4, -0.2) is 39.1 Å². The number of amides is 2. The van der Waals surface area contributed by atoms with E-state index in [9.17, 15) is 9.59 Å². The van der Waals surface area contributed by atoms with E-state index in [-0.39, 0.29) is 17.9 Å². The Morgan fingerprint density at radius 1 is 1.15 bits per heavy atom. The number of carbonyl (C=O) groups is 2. The fourth-order valence-electron chi connectivity index (χ4n) is 4.04. The van der Waals surface area contributed by atoms with Gasteiger partial charge in [-0.1, -0.05) is 31.0 Å². The number of benzene rings is 1. The third-order valence-corrected chi connectivity index (χ3v) is 5.46. The van der Waals surface area contributed by atoms with Gasteiger partial charge in [0, 0.05) is 42.9 Å². The molecule has 2 heterocycles. The molecule has 2 aliphatic rings. The summed E-state index contributed by atoms with van der Waals surface area (Å²) in [5, 5.41) is 7.58. The van der Waals surface area contributed by atoms with Crippen LogP contribution in [0.3, 0.4) is 0 Å². The zero-order valence-corrected chi connectivity index (χ0v) is 15.1. The second kappa shape index (κ2) is 6.94. The van der Waals surface area contributed by atoms with E-state index in [1.165, 1.54) is 12.8 Å². The van der Waals surface area contributed by atoms with E-state index in [2.05, 4.69) is 10.4 Å². The van der Waals surface area contributed by atoms with E-state index in [1.54, 1.807) is 4.68 Å². The fourth-order valence-corrected chi connectivity index (χ4v) is 4.04. The Labute approximate surface area is 153 Å². The smallest absolute Gasteiger partial charge is 0.272 e. The first kappa shape index (κ1) is 16.8. The molecule has 1 aromatic heterocycles. The van der Waals surface area contributed by atoms with Gasteiger partial charge in [-0.25, -0.2) is 0 Å². The minimum absolute atomic E-state index is 0.00209. The summed E-state index contributed by atoms with van der Waals surface area (Å²) in [6.07, 6.45) is 5.14. The van der Waals surface area contributed by atoms with E-state index < -0.39 is 0 Å². The maximum atomic E-state index is 12.8. The number of aromatic nitrogens is 2. The van der Waals surface area contributed by atoms with Gasteiger partial charge < -0.3 is 10.2 Å². The topological polar surface area (TPSA) is 67.2 Å². The zero-order valence-electron chi connectivity index (χ0n) is 15.1. The lowest BCUT2D eigenvalue weighted by Gasteiger charge is -2.27. The first-order valence-corrected chi connectivity index (χ1v) is 9.33. The molecule has 1 aliphatic heterocycles. The molecule has 1 aromatic carbocycles. The molecule has 0 radical (unpaired) electrons. The molecule has 1 saturated carbocycles. The van der Waals surface area contributed by atoms with Crippen LogP contribution in [0.5, 0.6) is 0 Å². The highest BCUT2D eigenvalue weighted by atomic mass is 16.2. The Bertz CT molecular complexity index is 822. The normalized spacial score (nSPS) is 17.2. The molecule has 1 N–H and O–H groups in total. The number of hydrogen-bond donors (Lipinski definition) is 1. The van der Waals surface area contributed by atoms with Crippen LogP contribution in [0.4, 0.5) is 0 Å². The monoisotopic (exact) mass is 352 g/mol. The van der Waals surface area contributed by atoms with Crippen LogP contribution in [0.25, 0.3) is 0 Å². The number of aryl methyl sites for hydroxylation is 1. The lowest BCUT2D eigenvalue weighted by molar-refractivity contribution is 0.0730. The molecule has 136 valence electrons. The van der Waals surface area contributed by atoms with E-state index >= 15 is 0 Å². The highest BCUT2D eigenvalue weighted by molar-refractivity contribution is 5.96. The van der Waals surface area contributed by atoms with Gasteiger partial charge in [-0.15, -0.1) is 0 Å². The molecule has 0 saturated heterocycles. The number of fused-ring (bicyclic) bond motifs is 1. The molecule has 6 heteroatoms. The predicted octanol–water partition coefficient (Wildman–Crippen LogP) is 2.29. The molecular formula is C20H24N4O2. The van der Waals surface area contributed by atoms with Gasteiger partial charge in [0.15, 0.2) is 5.69 Å². The molecule has 26 heavy (non-hydrogen) atoms. The number of nitrogens with one attached hydrogen (secondary N) is 1. The number of rotatable bonds is 3. The van der Waals surface area contributed by atoms with Gasteiger partial charge in [-0.3, -0.25) is 14.3 Å². The van der Waals surface area contributed by atoms with Gasteiger partial charge in [-0.2, -0.15) is 5.10 Å². The molecule has 0 atom stereocenters. The number of hydrogen-bond acceptors (Lipinski definition) is 3. The summed E-state index contributed by atoms with van der Waals surface area (Å²) in [6.45, 7) is 1.08. The summed E-state index contributed by atoms with van der Waals surface area (Å²) >= 11 is 0. The van der Waals surface area contributed by atoms with Crippen molar-refractivity contribution in [2.24, 2.45) is 7.05 Å². The first-order chi connectivity index (χ1) is 12.6.